The van der Waals surface area contributed by atoms with Crippen LogP contribution >= 0.6 is 0 Å². The summed E-state index contributed by atoms with van der Waals surface area (Å²) in [5.41, 5.74) is 6.76. The van der Waals surface area contributed by atoms with E-state index in [9.17, 15) is 0 Å². The van der Waals surface area contributed by atoms with Gasteiger partial charge in [-0.05, 0) is 18.9 Å². The average molecular weight is 235 g/mol. The topological polar surface area (TPSA) is 78.1 Å². The second-order valence-corrected chi connectivity index (χ2v) is 4.60. The van der Waals surface area contributed by atoms with Gasteiger partial charge < -0.3 is 14.7 Å². The van der Waals surface area contributed by atoms with Crippen molar-refractivity contribution in [2.45, 2.75) is 32.7 Å². The molecule has 2 unspecified atom stereocenters. The Balaban J connectivity index is 2.28. The molecule has 5 heteroatoms. The van der Waals surface area contributed by atoms with Crippen LogP contribution in [0.3, 0.4) is 0 Å². The minimum absolute atomic E-state index is 0.0207. The van der Waals surface area contributed by atoms with Crippen LogP contribution in [0.15, 0.2) is 27.5 Å². The molecule has 0 aliphatic rings. The SMILES string of the molecule is CC(C)C(c1nc(-c2ccoc2)no1)C(C)N. The van der Waals surface area contributed by atoms with E-state index in [0.29, 0.717) is 17.6 Å². The zero-order valence-corrected chi connectivity index (χ0v) is 10.3. The normalized spacial score (nSPS) is 15.1. The lowest BCUT2D eigenvalue weighted by Gasteiger charge is -2.20. The molecule has 0 aliphatic carbocycles. The molecule has 2 rings (SSSR count). The summed E-state index contributed by atoms with van der Waals surface area (Å²) in [5, 5.41) is 3.94. The molecule has 2 aromatic rings. The maximum absolute atomic E-state index is 5.95. The molecule has 0 aromatic carbocycles. The smallest absolute Gasteiger partial charge is 0.231 e. The van der Waals surface area contributed by atoms with E-state index in [0.717, 1.165) is 5.56 Å². The molecule has 0 saturated carbocycles. The summed E-state index contributed by atoms with van der Waals surface area (Å²) in [5.74, 6) is 1.56. The summed E-state index contributed by atoms with van der Waals surface area (Å²) in [6.45, 7) is 6.14. The molecule has 17 heavy (non-hydrogen) atoms. The monoisotopic (exact) mass is 235 g/mol. The Bertz CT molecular complexity index is 452. The molecule has 2 heterocycles. The molecular weight excluding hydrogens is 218 g/mol. The number of hydrogen-bond donors (Lipinski definition) is 1. The zero-order chi connectivity index (χ0) is 12.4. The second kappa shape index (κ2) is 4.71. The van der Waals surface area contributed by atoms with Crippen molar-refractivity contribution in [3.05, 3.63) is 24.5 Å². The van der Waals surface area contributed by atoms with Crippen molar-refractivity contribution in [1.82, 2.24) is 10.1 Å². The molecule has 2 aromatic heterocycles. The molecule has 0 spiro atoms. The van der Waals surface area contributed by atoms with E-state index >= 15 is 0 Å². The summed E-state index contributed by atoms with van der Waals surface area (Å²) >= 11 is 0. The minimum Gasteiger partial charge on any atom is -0.472 e. The number of nitrogens with two attached hydrogens (primary N) is 1. The van der Waals surface area contributed by atoms with E-state index in [1.807, 2.05) is 6.92 Å². The molecular formula is C12H17N3O2. The van der Waals surface area contributed by atoms with Gasteiger partial charge in [0.25, 0.3) is 0 Å². The fraction of sp³-hybridized carbons (Fsp3) is 0.500. The van der Waals surface area contributed by atoms with E-state index in [4.69, 9.17) is 14.7 Å². The fourth-order valence-electron chi connectivity index (χ4n) is 2.00. The summed E-state index contributed by atoms with van der Waals surface area (Å²) in [6.07, 6.45) is 3.17. The van der Waals surface area contributed by atoms with Crippen LogP contribution in [0.25, 0.3) is 11.4 Å². The molecule has 2 N–H and O–H groups in total. The van der Waals surface area contributed by atoms with Gasteiger partial charge in [0.05, 0.1) is 17.7 Å². The molecule has 0 bridgehead atoms. The van der Waals surface area contributed by atoms with Crippen molar-refractivity contribution in [3.8, 4) is 11.4 Å². The van der Waals surface area contributed by atoms with Crippen LogP contribution in [0.2, 0.25) is 0 Å². The number of hydrogen-bond acceptors (Lipinski definition) is 5. The third-order valence-corrected chi connectivity index (χ3v) is 2.79. The Morgan fingerprint density at radius 3 is 2.59 bits per heavy atom. The Hall–Kier alpha value is -1.62. The summed E-state index contributed by atoms with van der Waals surface area (Å²) in [4.78, 5) is 4.38. The standard InChI is InChI=1S/C12H17N3O2/c1-7(2)10(8(3)13)12-14-11(15-17-12)9-4-5-16-6-9/h4-8,10H,13H2,1-3H3. The van der Waals surface area contributed by atoms with Gasteiger partial charge in [-0.1, -0.05) is 19.0 Å². The highest BCUT2D eigenvalue weighted by Crippen LogP contribution is 2.27. The Morgan fingerprint density at radius 2 is 2.06 bits per heavy atom. The quantitative estimate of drug-likeness (QED) is 0.880. The molecule has 2 atom stereocenters. The highest BCUT2D eigenvalue weighted by Gasteiger charge is 2.26. The van der Waals surface area contributed by atoms with Gasteiger partial charge in [0, 0.05) is 6.04 Å². The van der Waals surface area contributed by atoms with Crippen LogP contribution in [0, 0.1) is 5.92 Å². The molecule has 0 radical (unpaired) electrons. The van der Waals surface area contributed by atoms with Crippen LogP contribution in [-0.4, -0.2) is 16.2 Å². The van der Waals surface area contributed by atoms with Crippen LogP contribution < -0.4 is 5.73 Å². The fourth-order valence-corrected chi connectivity index (χ4v) is 2.00. The van der Waals surface area contributed by atoms with Gasteiger partial charge in [-0.15, -0.1) is 0 Å². The summed E-state index contributed by atoms with van der Waals surface area (Å²) < 4.78 is 10.3. The van der Waals surface area contributed by atoms with E-state index in [2.05, 4.69) is 24.0 Å². The minimum atomic E-state index is -0.0207. The van der Waals surface area contributed by atoms with Gasteiger partial charge in [-0.2, -0.15) is 4.98 Å². The first-order chi connectivity index (χ1) is 8.09. The van der Waals surface area contributed by atoms with E-state index < -0.39 is 0 Å². The van der Waals surface area contributed by atoms with E-state index in [-0.39, 0.29) is 12.0 Å². The molecule has 92 valence electrons. The maximum Gasteiger partial charge on any atom is 0.231 e. The highest BCUT2D eigenvalue weighted by molar-refractivity contribution is 5.51. The number of furan rings is 1. The van der Waals surface area contributed by atoms with Crippen molar-refractivity contribution in [2.24, 2.45) is 11.7 Å². The van der Waals surface area contributed by atoms with Gasteiger partial charge in [-0.25, -0.2) is 0 Å². The van der Waals surface area contributed by atoms with Gasteiger partial charge >= 0.3 is 0 Å². The molecule has 5 nitrogen and oxygen atoms in total. The van der Waals surface area contributed by atoms with E-state index in [1.54, 1.807) is 18.6 Å². The lowest BCUT2D eigenvalue weighted by Crippen LogP contribution is -2.28. The van der Waals surface area contributed by atoms with Crippen molar-refractivity contribution in [2.75, 3.05) is 0 Å². The third kappa shape index (κ3) is 2.39. The lowest BCUT2D eigenvalue weighted by molar-refractivity contribution is 0.300. The van der Waals surface area contributed by atoms with Crippen molar-refractivity contribution in [1.29, 1.82) is 0 Å². The van der Waals surface area contributed by atoms with Gasteiger partial charge in [0.1, 0.15) is 6.26 Å². The van der Waals surface area contributed by atoms with E-state index in [1.165, 1.54) is 0 Å². The van der Waals surface area contributed by atoms with Crippen LogP contribution in [0.5, 0.6) is 0 Å². The van der Waals surface area contributed by atoms with Crippen LogP contribution in [-0.2, 0) is 0 Å². The zero-order valence-electron chi connectivity index (χ0n) is 10.3. The molecule has 0 fully saturated rings. The predicted molar refractivity (Wildman–Crippen MR) is 63.2 cm³/mol. The van der Waals surface area contributed by atoms with Crippen LogP contribution in [0.1, 0.15) is 32.6 Å². The van der Waals surface area contributed by atoms with Crippen molar-refractivity contribution < 1.29 is 8.94 Å². The van der Waals surface area contributed by atoms with Gasteiger partial charge in [0.15, 0.2) is 0 Å². The van der Waals surface area contributed by atoms with Crippen molar-refractivity contribution in [3.63, 3.8) is 0 Å². The summed E-state index contributed by atoms with van der Waals surface area (Å²) in [7, 11) is 0. The highest BCUT2D eigenvalue weighted by atomic mass is 16.5. The lowest BCUT2D eigenvalue weighted by atomic mass is 9.90. The number of nitrogens with zero attached hydrogens (tertiary/aromatic N) is 2. The first kappa shape index (κ1) is 11.9. The predicted octanol–water partition coefficient (Wildman–Crippen LogP) is 2.42. The average Bonchev–Trinajstić information content (AvgIpc) is 2.83. The molecule has 0 amide bonds. The maximum atomic E-state index is 5.95. The first-order valence-corrected chi connectivity index (χ1v) is 5.71. The Morgan fingerprint density at radius 1 is 1.29 bits per heavy atom. The molecule has 0 saturated heterocycles. The first-order valence-electron chi connectivity index (χ1n) is 5.71. The van der Waals surface area contributed by atoms with Gasteiger partial charge in [-0.3, -0.25) is 0 Å². The van der Waals surface area contributed by atoms with Crippen molar-refractivity contribution >= 4 is 0 Å². The number of rotatable bonds is 4. The molecule has 0 aliphatic heterocycles. The van der Waals surface area contributed by atoms with Gasteiger partial charge in [0.2, 0.25) is 11.7 Å². The summed E-state index contributed by atoms with van der Waals surface area (Å²) in [6, 6.07) is 1.78. The Kier molecular flexibility index (Phi) is 3.28. The number of aromatic nitrogens is 2. The van der Waals surface area contributed by atoms with Crippen LogP contribution in [0.4, 0.5) is 0 Å². The Labute approximate surface area is 100.0 Å². The largest absolute Gasteiger partial charge is 0.472 e. The third-order valence-electron chi connectivity index (χ3n) is 2.79. The second-order valence-electron chi connectivity index (χ2n) is 4.60.